The molecule has 0 fully saturated rings. The van der Waals surface area contributed by atoms with Gasteiger partial charge in [0.05, 0.1) is 0 Å². The zero-order chi connectivity index (χ0) is 11.1. The molecule has 0 saturated carbocycles. The fraction of sp³-hybridized carbons (Fsp3) is 0.636. The second-order valence-electron chi connectivity index (χ2n) is 3.73. The molecule has 1 aromatic heterocycles. The van der Waals surface area contributed by atoms with Gasteiger partial charge in [-0.2, -0.15) is 0 Å². The van der Waals surface area contributed by atoms with E-state index in [-0.39, 0.29) is 0 Å². The maximum atomic E-state index is 5.61. The van der Waals surface area contributed by atoms with Crippen LogP contribution in [0.25, 0.3) is 0 Å². The van der Waals surface area contributed by atoms with Gasteiger partial charge in [0.15, 0.2) is 0 Å². The van der Waals surface area contributed by atoms with Gasteiger partial charge in [-0.15, -0.1) is 11.6 Å². The molecular weight excluding hydrogens is 210 g/mol. The molecular formula is C11H18ClN3. The van der Waals surface area contributed by atoms with E-state index >= 15 is 0 Å². The number of aryl methyl sites for hydroxylation is 1. The molecule has 0 aromatic carbocycles. The van der Waals surface area contributed by atoms with Gasteiger partial charge in [-0.25, -0.2) is 9.97 Å². The Balaban J connectivity index is 2.33. The van der Waals surface area contributed by atoms with Gasteiger partial charge >= 0.3 is 0 Å². The Morgan fingerprint density at radius 1 is 1.20 bits per heavy atom. The number of hydrogen-bond donors (Lipinski definition) is 0. The van der Waals surface area contributed by atoms with E-state index in [9.17, 15) is 0 Å². The van der Waals surface area contributed by atoms with Crippen molar-refractivity contribution in [3.63, 3.8) is 0 Å². The van der Waals surface area contributed by atoms with Crippen LogP contribution in [0.4, 0.5) is 5.95 Å². The predicted molar refractivity (Wildman–Crippen MR) is 64.6 cm³/mol. The molecule has 0 radical (unpaired) electrons. The van der Waals surface area contributed by atoms with Gasteiger partial charge in [-0.3, -0.25) is 0 Å². The van der Waals surface area contributed by atoms with Crippen LogP contribution in [0, 0.1) is 6.92 Å². The number of halogens is 1. The lowest BCUT2D eigenvalue weighted by Crippen LogP contribution is -2.20. The number of nitrogens with zero attached hydrogens (tertiary/aromatic N) is 3. The second-order valence-corrected chi connectivity index (χ2v) is 4.11. The maximum Gasteiger partial charge on any atom is 0.224 e. The Morgan fingerprint density at radius 3 is 2.47 bits per heavy atom. The molecule has 0 aliphatic carbocycles. The Morgan fingerprint density at radius 2 is 1.87 bits per heavy atom. The van der Waals surface area contributed by atoms with E-state index in [1.165, 1.54) is 6.42 Å². The first-order chi connectivity index (χ1) is 7.24. The molecule has 0 aliphatic rings. The highest BCUT2D eigenvalue weighted by molar-refractivity contribution is 6.17. The molecule has 3 nitrogen and oxygen atoms in total. The minimum atomic E-state index is 0.755. The predicted octanol–water partition coefficient (Wildman–Crippen LogP) is 2.63. The van der Waals surface area contributed by atoms with Gasteiger partial charge in [0.2, 0.25) is 5.95 Å². The van der Waals surface area contributed by atoms with Crippen molar-refractivity contribution in [2.45, 2.75) is 26.2 Å². The number of anilines is 1. The Labute approximate surface area is 96.5 Å². The van der Waals surface area contributed by atoms with E-state index in [1.807, 2.05) is 26.4 Å². The molecule has 0 N–H and O–H groups in total. The summed E-state index contributed by atoms with van der Waals surface area (Å²) in [4.78, 5) is 10.6. The van der Waals surface area contributed by atoms with E-state index in [0.717, 1.165) is 36.8 Å². The molecule has 0 unspecified atom stereocenters. The average molecular weight is 228 g/mol. The Kier molecular flexibility index (Phi) is 5.40. The minimum absolute atomic E-state index is 0.755. The summed E-state index contributed by atoms with van der Waals surface area (Å²) in [6.07, 6.45) is 7.08. The Bertz CT molecular complexity index is 274. The van der Waals surface area contributed by atoms with Crippen LogP contribution in [-0.4, -0.2) is 29.4 Å². The topological polar surface area (TPSA) is 29.0 Å². The van der Waals surface area contributed by atoms with Crippen LogP contribution in [0.1, 0.15) is 24.8 Å². The van der Waals surface area contributed by atoms with Crippen molar-refractivity contribution < 1.29 is 0 Å². The first-order valence-corrected chi connectivity index (χ1v) is 5.83. The smallest absolute Gasteiger partial charge is 0.224 e. The van der Waals surface area contributed by atoms with E-state index in [1.54, 1.807) is 0 Å². The van der Waals surface area contributed by atoms with Crippen LogP contribution in [-0.2, 0) is 0 Å². The molecule has 4 heteroatoms. The number of hydrogen-bond acceptors (Lipinski definition) is 3. The summed E-state index contributed by atoms with van der Waals surface area (Å²) in [5.74, 6) is 1.55. The first-order valence-electron chi connectivity index (χ1n) is 5.30. The monoisotopic (exact) mass is 227 g/mol. The van der Waals surface area contributed by atoms with Gasteiger partial charge in [-0.05, 0) is 25.3 Å². The zero-order valence-electron chi connectivity index (χ0n) is 9.41. The zero-order valence-corrected chi connectivity index (χ0v) is 10.2. The van der Waals surface area contributed by atoms with Crippen molar-refractivity contribution in [3.05, 3.63) is 18.0 Å². The summed E-state index contributed by atoms with van der Waals surface area (Å²) in [5.41, 5.74) is 1.09. The van der Waals surface area contributed by atoms with E-state index in [2.05, 4.69) is 14.9 Å². The third-order valence-electron chi connectivity index (χ3n) is 2.24. The number of alkyl halides is 1. The maximum absolute atomic E-state index is 5.61. The number of rotatable bonds is 6. The Hall–Kier alpha value is -0.830. The third kappa shape index (κ3) is 4.47. The quantitative estimate of drug-likeness (QED) is 0.553. The molecule has 1 rings (SSSR count). The molecule has 0 atom stereocenters. The fourth-order valence-electron chi connectivity index (χ4n) is 1.30. The normalized spacial score (nSPS) is 10.3. The van der Waals surface area contributed by atoms with Crippen molar-refractivity contribution >= 4 is 17.5 Å². The summed E-state index contributed by atoms with van der Waals surface area (Å²) in [7, 11) is 2.02. The SMILES string of the molecule is Cc1cnc(N(C)CCCCCCl)nc1. The average Bonchev–Trinajstić information content (AvgIpc) is 2.25. The highest BCUT2D eigenvalue weighted by Gasteiger charge is 2.02. The highest BCUT2D eigenvalue weighted by Crippen LogP contribution is 2.06. The van der Waals surface area contributed by atoms with Crippen LogP contribution in [0.2, 0.25) is 0 Å². The second kappa shape index (κ2) is 6.62. The molecule has 0 bridgehead atoms. The van der Waals surface area contributed by atoms with Gasteiger partial charge in [0.1, 0.15) is 0 Å². The van der Waals surface area contributed by atoms with Gasteiger partial charge in [-0.1, -0.05) is 6.42 Å². The molecule has 0 spiro atoms. The molecule has 1 aromatic rings. The summed E-state index contributed by atoms with van der Waals surface area (Å²) >= 11 is 5.61. The molecule has 0 amide bonds. The molecule has 15 heavy (non-hydrogen) atoms. The van der Waals surface area contributed by atoms with Gasteiger partial charge in [0, 0.05) is 31.9 Å². The van der Waals surface area contributed by atoms with Crippen LogP contribution < -0.4 is 4.90 Å². The van der Waals surface area contributed by atoms with Crippen LogP contribution in [0.3, 0.4) is 0 Å². The summed E-state index contributed by atoms with van der Waals surface area (Å²) in [6.45, 7) is 2.98. The minimum Gasteiger partial charge on any atom is -0.344 e. The van der Waals surface area contributed by atoms with Gasteiger partial charge in [0.25, 0.3) is 0 Å². The van der Waals surface area contributed by atoms with E-state index in [0.29, 0.717) is 0 Å². The lowest BCUT2D eigenvalue weighted by atomic mass is 10.2. The highest BCUT2D eigenvalue weighted by atomic mass is 35.5. The van der Waals surface area contributed by atoms with Crippen LogP contribution in [0.5, 0.6) is 0 Å². The summed E-state index contributed by atoms with van der Waals surface area (Å²) in [6, 6.07) is 0. The van der Waals surface area contributed by atoms with Crippen LogP contribution in [0.15, 0.2) is 12.4 Å². The first kappa shape index (κ1) is 12.2. The summed E-state index contributed by atoms with van der Waals surface area (Å²) in [5, 5.41) is 0. The standard InChI is InChI=1S/C11H18ClN3/c1-10-8-13-11(14-9-10)15(2)7-5-3-4-6-12/h8-9H,3-7H2,1-2H3. The largest absolute Gasteiger partial charge is 0.344 e. The van der Waals surface area contributed by atoms with E-state index in [4.69, 9.17) is 11.6 Å². The molecule has 0 aliphatic heterocycles. The van der Waals surface area contributed by atoms with Crippen molar-refractivity contribution in [1.82, 2.24) is 9.97 Å². The number of unbranched alkanes of at least 4 members (excludes halogenated alkanes) is 2. The van der Waals surface area contributed by atoms with Crippen molar-refractivity contribution in [2.75, 3.05) is 24.4 Å². The van der Waals surface area contributed by atoms with Crippen molar-refractivity contribution in [2.24, 2.45) is 0 Å². The van der Waals surface area contributed by atoms with Crippen molar-refractivity contribution in [1.29, 1.82) is 0 Å². The lowest BCUT2D eigenvalue weighted by molar-refractivity contribution is 0.698. The van der Waals surface area contributed by atoms with Crippen LogP contribution >= 0.6 is 11.6 Å². The third-order valence-corrected chi connectivity index (χ3v) is 2.50. The number of aromatic nitrogens is 2. The van der Waals surface area contributed by atoms with E-state index < -0.39 is 0 Å². The fourth-order valence-corrected chi connectivity index (χ4v) is 1.49. The summed E-state index contributed by atoms with van der Waals surface area (Å²) < 4.78 is 0. The molecule has 84 valence electrons. The molecule has 1 heterocycles. The molecule has 0 saturated heterocycles. The van der Waals surface area contributed by atoms with Crippen molar-refractivity contribution in [3.8, 4) is 0 Å². The lowest BCUT2D eigenvalue weighted by Gasteiger charge is -2.16. The van der Waals surface area contributed by atoms with Gasteiger partial charge < -0.3 is 4.90 Å².